The third-order valence-electron chi connectivity index (χ3n) is 14.2. The van der Waals surface area contributed by atoms with Gasteiger partial charge in [0.05, 0.1) is 64.2 Å². The monoisotopic (exact) mass is 1080 g/mol. The van der Waals surface area contributed by atoms with Crippen LogP contribution in [0.2, 0.25) is 0 Å². The number of hydrogen-bond donors (Lipinski definition) is 1. The molecule has 1 unspecified atom stereocenters. The second kappa shape index (κ2) is 29.1. The predicted molar refractivity (Wildman–Crippen MR) is 277 cm³/mol. The Morgan fingerprint density at radius 1 is 0.973 bits per heavy atom. The molecule has 11 atom stereocenters. The number of allylic oxidation sites excluding steroid dienone is 1. The van der Waals surface area contributed by atoms with Gasteiger partial charge in [0.1, 0.15) is 24.4 Å². The molecule has 1 radical (unpaired) electrons. The average molecular weight is 1080 g/mol. The predicted octanol–water partition coefficient (Wildman–Crippen LogP) is 7.91. The van der Waals surface area contributed by atoms with Crippen molar-refractivity contribution in [3.63, 3.8) is 0 Å². The van der Waals surface area contributed by atoms with E-state index in [1.54, 1.807) is 27.7 Å². The van der Waals surface area contributed by atoms with Crippen LogP contribution in [0.1, 0.15) is 132 Å². The Bertz CT molecular complexity index is 2090. The second-order valence-corrected chi connectivity index (χ2v) is 21.9. The largest absolute Gasteiger partial charge is 0.466 e. The minimum Gasteiger partial charge on any atom is -0.466 e. The summed E-state index contributed by atoms with van der Waals surface area (Å²) in [6, 6.07) is 9.28. The van der Waals surface area contributed by atoms with E-state index in [1.165, 1.54) is 13.2 Å². The van der Waals surface area contributed by atoms with Crippen LogP contribution in [0, 0.1) is 28.6 Å². The normalized spacial score (nSPS) is 26.9. The highest BCUT2D eigenvalue weighted by Gasteiger charge is 2.58. The highest BCUT2D eigenvalue weighted by molar-refractivity contribution is 8.15. The van der Waals surface area contributed by atoms with Crippen molar-refractivity contribution in [2.24, 2.45) is 28.6 Å². The van der Waals surface area contributed by atoms with Gasteiger partial charge in [0.2, 0.25) is 12.9 Å². The average Bonchev–Trinajstić information content (AvgIpc) is 3.36. The lowest BCUT2D eigenvalue weighted by molar-refractivity contribution is -0.342. The van der Waals surface area contributed by atoms with Crippen molar-refractivity contribution < 1.29 is 80.7 Å². The van der Waals surface area contributed by atoms with E-state index in [-0.39, 0.29) is 62.4 Å². The Hall–Kier alpha value is -3.82. The van der Waals surface area contributed by atoms with Crippen molar-refractivity contribution in [2.45, 2.75) is 187 Å². The Morgan fingerprint density at radius 2 is 1.68 bits per heavy atom. The van der Waals surface area contributed by atoms with Crippen LogP contribution < -0.4 is 0 Å². The number of ether oxygens (including phenoxy) is 9. The van der Waals surface area contributed by atoms with Crippen molar-refractivity contribution in [1.29, 1.82) is 1.34 Å². The molecule has 1 saturated carbocycles. The highest BCUT2D eigenvalue weighted by atomic mass is 35.5. The number of rotatable bonds is 28. The molecule has 0 aromatic heterocycles. The van der Waals surface area contributed by atoms with Crippen LogP contribution >= 0.6 is 23.5 Å². The zero-order valence-electron chi connectivity index (χ0n) is 45.7. The van der Waals surface area contributed by atoms with Gasteiger partial charge in [-0.15, -0.1) is 11.6 Å². The first kappa shape index (κ1) is 61.0. The summed E-state index contributed by atoms with van der Waals surface area (Å²) in [5.41, 5.74) is -1.42. The summed E-state index contributed by atoms with van der Waals surface area (Å²) in [5, 5.41) is 12.6. The van der Waals surface area contributed by atoms with Gasteiger partial charge in [0, 0.05) is 48.5 Å². The standard InChI is InChI=1S/C54H79BClO17S/c1-11-45(58)70-50-38(25-46(59)64-10)24-40(72-54(50,63)52(8,9)21-15-22-57)26-43(36(5)65-32-37-16-13-12-14-17-37)68-47(60)28-41(73-74-55)29-48(61)69-44(51(6,7)33-66-49(62)31-56)27-39-20-23-67-53(71-39)30-35(4)18-19-42(53)34(2)3/h12-17,21-22,25,34-36,39-44,50,55,63H,11,18-20,23-24,26-33H2,1-10H3/b21-15+,38-25+/t35-,36-,39+,40+,41+,42+,43-,44+,50+,53?,54-/m1/s1/i55T. The molecule has 17 nitrogen and oxygen atoms in total. The minimum absolute atomic E-state index is 0.0733. The Morgan fingerprint density at radius 3 is 2.31 bits per heavy atom. The third kappa shape index (κ3) is 17.9. The Balaban J connectivity index is 1.63. The fourth-order valence-corrected chi connectivity index (χ4v) is 10.2. The van der Waals surface area contributed by atoms with E-state index in [2.05, 4.69) is 20.8 Å². The van der Waals surface area contributed by atoms with Crippen molar-refractivity contribution in [3.05, 3.63) is 59.7 Å². The van der Waals surface area contributed by atoms with E-state index < -0.39 is 102 Å². The topological polar surface area (TPSA) is 215 Å². The van der Waals surface area contributed by atoms with E-state index >= 15 is 0 Å². The van der Waals surface area contributed by atoms with Crippen LogP contribution in [-0.2, 0) is 82.2 Å². The maximum Gasteiger partial charge on any atom is 0.330 e. The van der Waals surface area contributed by atoms with Gasteiger partial charge in [0.25, 0.3) is 0 Å². The first-order chi connectivity index (χ1) is 35.4. The van der Waals surface area contributed by atoms with Gasteiger partial charge >= 0.3 is 29.8 Å². The number of methoxy groups -OCH3 is 1. The van der Waals surface area contributed by atoms with Gasteiger partial charge in [-0.25, -0.2) is 4.79 Å². The van der Waals surface area contributed by atoms with E-state index in [0.717, 1.165) is 44.1 Å². The van der Waals surface area contributed by atoms with Gasteiger partial charge in [-0.05, 0) is 56.6 Å². The first-order valence-corrected chi connectivity index (χ1v) is 26.9. The van der Waals surface area contributed by atoms with E-state index in [4.69, 9.17) is 59.8 Å². The van der Waals surface area contributed by atoms with E-state index in [0.29, 0.717) is 43.0 Å². The molecule has 1 aromatic rings. The smallest absolute Gasteiger partial charge is 0.330 e. The molecule has 4 rings (SSSR count). The molecule has 3 aliphatic rings. The van der Waals surface area contributed by atoms with Crippen molar-refractivity contribution in [3.8, 4) is 0 Å². The number of hydrogen-bond acceptors (Lipinski definition) is 18. The molecule has 0 bridgehead atoms. The molecule has 74 heavy (non-hydrogen) atoms. The summed E-state index contributed by atoms with van der Waals surface area (Å²) in [7, 11) is 2.07. The van der Waals surface area contributed by atoms with Gasteiger partial charge < -0.3 is 51.9 Å². The summed E-state index contributed by atoms with van der Waals surface area (Å²) in [5.74, 6) is -6.43. The number of carbonyl (C=O) groups is 6. The van der Waals surface area contributed by atoms with Crippen LogP contribution in [0.3, 0.4) is 0 Å². The third-order valence-corrected chi connectivity index (χ3v) is 14.8. The number of benzene rings is 1. The van der Waals surface area contributed by atoms with Gasteiger partial charge in [-0.3, -0.25) is 24.0 Å². The first-order valence-electron chi connectivity index (χ1n) is 26.1. The fourth-order valence-electron chi connectivity index (χ4n) is 9.87. The number of carbonyl (C=O) groups excluding carboxylic acids is 6. The SMILES string of the molecule is [3H][B]SO[C@H](CC(=O)O[C@@H](C[C@@H]1CCOC2(C[C@H](C)CC[C@H]2C(C)C)O1)C(C)(C)COC(=O)CCl)CC(=O)O[C@H](C[C@@H]1C/C(=C\C(=O)OC)[C@H](OC(=O)CC)[C@](O)(C(C)(C)/C=C/C=O)O1)[C@@H](C)OCc1ccccc1. The van der Waals surface area contributed by atoms with Crippen LogP contribution in [0.4, 0.5) is 0 Å². The minimum atomic E-state index is -2.40. The number of alkyl halides is 1. The molecule has 3 fully saturated rings. The van der Waals surface area contributed by atoms with E-state index in [9.17, 15) is 33.9 Å². The summed E-state index contributed by atoms with van der Waals surface area (Å²) in [6.07, 6.45) is -0.557. The van der Waals surface area contributed by atoms with Crippen molar-refractivity contribution >= 4 is 66.7 Å². The molecule has 1 aromatic carbocycles. The number of esters is 5. The number of aliphatic hydroxyl groups is 1. The molecule has 20 heteroatoms. The Labute approximate surface area is 448 Å². The molecule has 2 saturated heterocycles. The lowest BCUT2D eigenvalue weighted by Gasteiger charge is -2.52. The maximum absolute atomic E-state index is 14.2. The van der Waals surface area contributed by atoms with Gasteiger partial charge in [-0.1, -0.05) is 110 Å². The molecule has 1 aliphatic carbocycles. The molecule has 0 amide bonds. The van der Waals surface area contributed by atoms with Crippen LogP contribution in [0.25, 0.3) is 0 Å². The van der Waals surface area contributed by atoms with Gasteiger partial charge in [-0.2, -0.15) is 0 Å². The highest BCUT2D eigenvalue weighted by Crippen LogP contribution is 2.49. The molecule has 2 aliphatic heterocycles. The molecule has 1 spiro atoms. The zero-order chi connectivity index (χ0) is 55.6. The lowest BCUT2D eigenvalue weighted by atomic mass is 9.72. The van der Waals surface area contributed by atoms with Crippen LogP contribution in [0.15, 0.2) is 54.1 Å². The van der Waals surface area contributed by atoms with E-state index in [1.807, 2.05) is 44.2 Å². The quantitative estimate of drug-likeness (QED) is 0.0160. The Kier molecular flexibility index (Phi) is 24.0. The van der Waals surface area contributed by atoms with Crippen molar-refractivity contribution in [1.82, 2.24) is 0 Å². The summed E-state index contributed by atoms with van der Waals surface area (Å²) in [6.45, 7) is 17.0. The number of aldehydes is 1. The van der Waals surface area contributed by atoms with Crippen LogP contribution in [0.5, 0.6) is 0 Å². The summed E-state index contributed by atoms with van der Waals surface area (Å²) in [4.78, 5) is 77.9. The van der Waals surface area contributed by atoms with Gasteiger partial charge in [0.15, 0.2) is 11.9 Å². The fraction of sp³-hybridized carbons (Fsp3) is 0.704. The van der Waals surface area contributed by atoms with Crippen LogP contribution in [-0.4, -0.2) is 130 Å². The molecule has 1 N–H and O–H groups in total. The number of halogens is 1. The zero-order valence-corrected chi connectivity index (χ0v) is 46.3. The second-order valence-electron chi connectivity index (χ2n) is 21.2. The molecular formula is C54H79BClO17S. The molecular weight excluding hydrogens is 999 g/mol. The molecule has 2 heterocycles. The summed E-state index contributed by atoms with van der Waals surface area (Å²) < 4.78 is 68.2. The van der Waals surface area contributed by atoms with Crippen molar-refractivity contribution in [2.75, 3.05) is 26.2 Å². The molecule has 413 valence electrons. The lowest BCUT2D eigenvalue weighted by Crippen LogP contribution is -2.62. The maximum atomic E-state index is 14.2. The summed E-state index contributed by atoms with van der Waals surface area (Å²) >= 11 is 6.38.